The number of carboxylic acid groups (broad SMARTS) is 1. The molecule has 0 saturated heterocycles. The van der Waals surface area contributed by atoms with Crippen molar-refractivity contribution in [3.05, 3.63) is 41.9 Å². The minimum atomic E-state index is -1.04. The Morgan fingerprint density at radius 1 is 1.48 bits per heavy atom. The lowest BCUT2D eigenvalue weighted by Crippen LogP contribution is -2.32. The third-order valence-electron chi connectivity index (χ3n) is 4.50. The van der Waals surface area contributed by atoms with E-state index in [-0.39, 0.29) is 11.7 Å². The zero-order valence-corrected chi connectivity index (χ0v) is 12.1. The standard InChI is InChI=1S/C17H18FNO2/c1-9(2)13-6-11(18)7-15-14(13)8-16-12(4-5-19(15)16)10(3)17(20)21/h6-8,10,12H,1,4-5H2,2-3H3,(H,20,21)/p-1. The molecule has 1 aliphatic rings. The van der Waals surface area contributed by atoms with Gasteiger partial charge in [0.15, 0.2) is 0 Å². The Balaban J connectivity index is 2.21. The predicted octanol–water partition coefficient (Wildman–Crippen LogP) is 2.69. The molecule has 0 amide bonds. The average molecular weight is 286 g/mol. The van der Waals surface area contributed by atoms with Gasteiger partial charge in [-0.3, -0.25) is 0 Å². The maximum Gasteiger partial charge on any atom is 0.125 e. The maximum atomic E-state index is 13.8. The number of hydrogen-bond donors (Lipinski definition) is 0. The van der Waals surface area contributed by atoms with Gasteiger partial charge in [0, 0.05) is 35.4 Å². The maximum absolute atomic E-state index is 13.8. The van der Waals surface area contributed by atoms with Gasteiger partial charge in [0.2, 0.25) is 0 Å². The summed E-state index contributed by atoms with van der Waals surface area (Å²) in [4.78, 5) is 11.1. The smallest absolute Gasteiger partial charge is 0.125 e. The Morgan fingerprint density at radius 3 is 2.81 bits per heavy atom. The molecule has 0 spiro atoms. The second-order valence-electron chi connectivity index (χ2n) is 5.89. The fraction of sp³-hybridized carbons (Fsp3) is 0.353. The van der Waals surface area contributed by atoms with Crippen LogP contribution in [0.3, 0.4) is 0 Å². The van der Waals surface area contributed by atoms with Crippen molar-refractivity contribution in [2.75, 3.05) is 0 Å². The molecule has 2 heterocycles. The van der Waals surface area contributed by atoms with E-state index >= 15 is 0 Å². The van der Waals surface area contributed by atoms with Crippen LogP contribution in [-0.2, 0) is 11.3 Å². The fourth-order valence-electron chi connectivity index (χ4n) is 3.34. The number of hydrogen-bond acceptors (Lipinski definition) is 2. The molecular formula is C17H17FNO2-. The van der Waals surface area contributed by atoms with Crippen LogP contribution in [0.1, 0.15) is 37.4 Å². The molecule has 0 bridgehead atoms. The van der Waals surface area contributed by atoms with Crippen molar-refractivity contribution >= 4 is 22.4 Å². The number of carboxylic acids is 1. The molecule has 21 heavy (non-hydrogen) atoms. The topological polar surface area (TPSA) is 45.1 Å². The third-order valence-corrected chi connectivity index (χ3v) is 4.50. The van der Waals surface area contributed by atoms with E-state index < -0.39 is 11.9 Å². The summed E-state index contributed by atoms with van der Waals surface area (Å²) in [6.07, 6.45) is 0.749. The van der Waals surface area contributed by atoms with Crippen LogP contribution in [-0.4, -0.2) is 10.5 Å². The SMILES string of the molecule is C=C(C)c1cc(F)cc2c1cc1n2CCC1C(C)C(=O)[O-]. The highest BCUT2D eigenvalue weighted by Crippen LogP contribution is 2.40. The minimum absolute atomic E-state index is 0.0802. The van der Waals surface area contributed by atoms with Gasteiger partial charge >= 0.3 is 0 Å². The highest BCUT2D eigenvalue weighted by Gasteiger charge is 2.30. The Labute approximate surface area is 122 Å². The van der Waals surface area contributed by atoms with Gasteiger partial charge in [-0.1, -0.05) is 19.1 Å². The van der Waals surface area contributed by atoms with Gasteiger partial charge < -0.3 is 14.5 Å². The number of benzene rings is 1. The number of carbonyl (C=O) groups excluding carboxylic acids is 1. The van der Waals surface area contributed by atoms with Crippen LogP contribution in [0.15, 0.2) is 24.8 Å². The second kappa shape index (κ2) is 4.72. The van der Waals surface area contributed by atoms with Crippen molar-refractivity contribution in [2.24, 2.45) is 5.92 Å². The molecule has 1 aromatic carbocycles. The fourth-order valence-corrected chi connectivity index (χ4v) is 3.34. The normalized spacial score (nSPS) is 18.7. The Morgan fingerprint density at radius 2 is 2.19 bits per heavy atom. The molecule has 0 fully saturated rings. The van der Waals surface area contributed by atoms with Gasteiger partial charge in [0.1, 0.15) is 5.82 Å². The zero-order valence-electron chi connectivity index (χ0n) is 12.1. The molecule has 2 aromatic rings. The lowest BCUT2D eigenvalue weighted by molar-refractivity contribution is -0.311. The van der Waals surface area contributed by atoms with Gasteiger partial charge in [-0.25, -0.2) is 4.39 Å². The summed E-state index contributed by atoms with van der Waals surface area (Å²) in [7, 11) is 0. The molecule has 2 unspecified atom stereocenters. The van der Waals surface area contributed by atoms with E-state index in [0.29, 0.717) is 6.54 Å². The van der Waals surface area contributed by atoms with Crippen LogP contribution < -0.4 is 5.11 Å². The van der Waals surface area contributed by atoms with Gasteiger partial charge in [0.05, 0.1) is 5.52 Å². The first-order chi connectivity index (χ1) is 9.90. The third kappa shape index (κ3) is 2.06. The molecular weight excluding hydrogens is 269 g/mol. The first-order valence-corrected chi connectivity index (χ1v) is 7.09. The number of rotatable bonds is 3. The van der Waals surface area contributed by atoms with E-state index in [0.717, 1.165) is 34.2 Å². The van der Waals surface area contributed by atoms with Crippen molar-refractivity contribution in [1.82, 2.24) is 4.57 Å². The molecule has 3 rings (SSSR count). The van der Waals surface area contributed by atoms with Crippen molar-refractivity contribution < 1.29 is 14.3 Å². The Bertz CT molecular complexity index is 760. The highest BCUT2D eigenvalue weighted by molar-refractivity contribution is 5.93. The first-order valence-electron chi connectivity index (χ1n) is 7.09. The zero-order chi connectivity index (χ0) is 15.3. The summed E-state index contributed by atoms with van der Waals surface area (Å²) in [5.74, 6) is -1.96. The number of aliphatic carboxylic acids is 1. The quantitative estimate of drug-likeness (QED) is 0.870. The number of aromatic nitrogens is 1. The summed E-state index contributed by atoms with van der Waals surface area (Å²) in [5, 5.41) is 12.1. The van der Waals surface area contributed by atoms with Crippen LogP contribution in [0.4, 0.5) is 4.39 Å². The summed E-state index contributed by atoms with van der Waals surface area (Å²) in [5.41, 5.74) is 3.35. The summed E-state index contributed by atoms with van der Waals surface area (Å²) in [6, 6.07) is 4.98. The number of carbonyl (C=O) groups is 1. The van der Waals surface area contributed by atoms with Crippen LogP contribution >= 0.6 is 0 Å². The number of nitrogens with zero attached hydrogens (tertiary/aromatic N) is 1. The summed E-state index contributed by atoms with van der Waals surface area (Å²) < 4.78 is 15.9. The summed E-state index contributed by atoms with van der Waals surface area (Å²) >= 11 is 0. The molecule has 0 saturated carbocycles. The summed E-state index contributed by atoms with van der Waals surface area (Å²) in [6.45, 7) is 8.13. The molecule has 1 aliphatic heterocycles. The molecule has 0 aliphatic carbocycles. The molecule has 2 atom stereocenters. The second-order valence-corrected chi connectivity index (χ2v) is 5.89. The number of allylic oxidation sites excluding steroid dienone is 1. The van der Waals surface area contributed by atoms with Crippen LogP contribution in [0.5, 0.6) is 0 Å². The molecule has 4 heteroatoms. The minimum Gasteiger partial charge on any atom is -0.550 e. The van der Waals surface area contributed by atoms with Crippen LogP contribution in [0, 0.1) is 11.7 Å². The number of fused-ring (bicyclic) bond motifs is 3. The average Bonchev–Trinajstić information content (AvgIpc) is 2.96. The number of halogens is 1. The van der Waals surface area contributed by atoms with E-state index in [4.69, 9.17) is 0 Å². The van der Waals surface area contributed by atoms with Crippen molar-refractivity contribution in [3.63, 3.8) is 0 Å². The van der Waals surface area contributed by atoms with Crippen LogP contribution in [0.25, 0.3) is 16.5 Å². The molecule has 0 N–H and O–H groups in total. The largest absolute Gasteiger partial charge is 0.550 e. The van der Waals surface area contributed by atoms with Crippen molar-refractivity contribution in [2.45, 2.75) is 32.7 Å². The lowest BCUT2D eigenvalue weighted by atomic mass is 9.90. The highest BCUT2D eigenvalue weighted by atomic mass is 19.1. The van der Waals surface area contributed by atoms with E-state index in [1.807, 2.05) is 17.6 Å². The molecule has 110 valence electrons. The predicted molar refractivity (Wildman–Crippen MR) is 78.1 cm³/mol. The Kier molecular flexibility index (Phi) is 3.12. The van der Waals surface area contributed by atoms with Gasteiger partial charge in [-0.05, 0) is 37.1 Å². The molecule has 0 radical (unpaired) electrons. The van der Waals surface area contributed by atoms with Gasteiger partial charge in [-0.2, -0.15) is 0 Å². The van der Waals surface area contributed by atoms with Crippen molar-refractivity contribution in [1.29, 1.82) is 0 Å². The number of aryl methyl sites for hydroxylation is 1. The van der Waals surface area contributed by atoms with E-state index in [1.54, 1.807) is 6.92 Å². The van der Waals surface area contributed by atoms with Crippen LogP contribution in [0.2, 0.25) is 0 Å². The lowest BCUT2D eigenvalue weighted by Gasteiger charge is -2.19. The monoisotopic (exact) mass is 286 g/mol. The molecule has 1 aromatic heterocycles. The van der Waals surface area contributed by atoms with Gasteiger partial charge in [-0.15, -0.1) is 0 Å². The van der Waals surface area contributed by atoms with Gasteiger partial charge in [0.25, 0.3) is 0 Å². The van der Waals surface area contributed by atoms with Crippen molar-refractivity contribution in [3.8, 4) is 0 Å². The molecule has 3 nitrogen and oxygen atoms in total. The first kappa shape index (κ1) is 13.9. The van der Waals surface area contributed by atoms with E-state index in [2.05, 4.69) is 6.58 Å². The van der Waals surface area contributed by atoms with E-state index in [1.165, 1.54) is 12.1 Å². The van der Waals surface area contributed by atoms with E-state index in [9.17, 15) is 14.3 Å². The Hall–Kier alpha value is -2.10.